The van der Waals surface area contributed by atoms with Crippen LogP contribution in [0.1, 0.15) is 24.9 Å². The number of nitrogens with zero attached hydrogens (tertiary/aromatic N) is 1. The Bertz CT molecular complexity index is 382. The second kappa shape index (κ2) is 6.98. The van der Waals surface area contributed by atoms with Gasteiger partial charge in [-0.1, -0.05) is 12.1 Å². The second-order valence-electron chi connectivity index (χ2n) is 5.14. The van der Waals surface area contributed by atoms with E-state index < -0.39 is 0 Å². The maximum Gasteiger partial charge on any atom is 0.123 e. The molecule has 0 aliphatic carbocycles. The van der Waals surface area contributed by atoms with Crippen LogP contribution >= 0.6 is 0 Å². The number of nitrogens with one attached hydrogen (secondary N) is 1. The van der Waals surface area contributed by atoms with Crippen LogP contribution in [0.4, 0.5) is 4.39 Å². The Hall–Kier alpha value is -0.970. The largest absolute Gasteiger partial charge is 0.379 e. The number of benzene rings is 1. The standard InChI is InChI=1S/C15H23FN2O/c1-12-11-19-10-9-18(12)8-7-15(17-2)13-3-5-14(16)6-4-13/h3-6,12,15,17H,7-11H2,1-2H3. The van der Waals surface area contributed by atoms with Crippen molar-refractivity contribution in [2.45, 2.75) is 25.4 Å². The summed E-state index contributed by atoms with van der Waals surface area (Å²) >= 11 is 0. The van der Waals surface area contributed by atoms with Crippen molar-refractivity contribution in [1.82, 2.24) is 10.2 Å². The lowest BCUT2D eigenvalue weighted by molar-refractivity contribution is -0.00174. The fraction of sp³-hybridized carbons (Fsp3) is 0.600. The van der Waals surface area contributed by atoms with Gasteiger partial charge in [-0.05, 0) is 38.1 Å². The third-order valence-electron chi connectivity index (χ3n) is 3.83. The van der Waals surface area contributed by atoms with Crippen LogP contribution in [0.2, 0.25) is 0 Å². The first-order chi connectivity index (χ1) is 9.20. The first kappa shape index (κ1) is 14.4. The number of ether oxygens (including phenoxy) is 1. The zero-order valence-electron chi connectivity index (χ0n) is 11.7. The minimum absolute atomic E-state index is 0.180. The molecule has 0 saturated carbocycles. The number of rotatable bonds is 5. The lowest BCUT2D eigenvalue weighted by atomic mass is 10.0. The quantitative estimate of drug-likeness (QED) is 0.884. The Morgan fingerprint density at radius 2 is 2.16 bits per heavy atom. The summed E-state index contributed by atoms with van der Waals surface area (Å²) in [5.41, 5.74) is 1.14. The minimum Gasteiger partial charge on any atom is -0.379 e. The third kappa shape index (κ3) is 4.00. The van der Waals surface area contributed by atoms with Gasteiger partial charge in [0.2, 0.25) is 0 Å². The molecule has 4 heteroatoms. The van der Waals surface area contributed by atoms with E-state index in [4.69, 9.17) is 4.74 Å². The van der Waals surface area contributed by atoms with Gasteiger partial charge in [-0.15, -0.1) is 0 Å². The number of hydrogen-bond acceptors (Lipinski definition) is 3. The SMILES string of the molecule is CNC(CCN1CCOCC1C)c1ccc(F)cc1. The number of hydrogen-bond donors (Lipinski definition) is 1. The van der Waals surface area contributed by atoms with Crippen molar-refractivity contribution in [2.24, 2.45) is 0 Å². The van der Waals surface area contributed by atoms with Crippen molar-refractivity contribution in [3.05, 3.63) is 35.6 Å². The van der Waals surface area contributed by atoms with E-state index in [1.54, 1.807) is 0 Å². The summed E-state index contributed by atoms with van der Waals surface area (Å²) in [6, 6.07) is 7.53. The van der Waals surface area contributed by atoms with Crippen molar-refractivity contribution in [3.63, 3.8) is 0 Å². The minimum atomic E-state index is -0.180. The maximum atomic E-state index is 12.9. The highest BCUT2D eigenvalue weighted by molar-refractivity contribution is 5.19. The summed E-state index contributed by atoms with van der Waals surface area (Å²) in [4.78, 5) is 2.46. The van der Waals surface area contributed by atoms with Crippen LogP contribution in [0.5, 0.6) is 0 Å². The van der Waals surface area contributed by atoms with Crippen molar-refractivity contribution in [1.29, 1.82) is 0 Å². The topological polar surface area (TPSA) is 24.5 Å². The monoisotopic (exact) mass is 266 g/mol. The first-order valence-corrected chi connectivity index (χ1v) is 6.95. The second-order valence-corrected chi connectivity index (χ2v) is 5.14. The van der Waals surface area contributed by atoms with E-state index in [2.05, 4.69) is 17.1 Å². The van der Waals surface area contributed by atoms with E-state index >= 15 is 0 Å². The van der Waals surface area contributed by atoms with Gasteiger partial charge in [-0.25, -0.2) is 4.39 Å². The van der Waals surface area contributed by atoms with E-state index in [0.29, 0.717) is 6.04 Å². The van der Waals surface area contributed by atoms with Crippen molar-refractivity contribution >= 4 is 0 Å². The van der Waals surface area contributed by atoms with Gasteiger partial charge in [0.05, 0.1) is 13.2 Å². The van der Waals surface area contributed by atoms with Crippen molar-refractivity contribution in [2.75, 3.05) is 33.4 Å². The molecule has 106 valence electrons. The highest BCUT2D eigenvalue weighted by Gasteiger charge is 2.19. The fourth-order valence-corrected chi connectivity index (χ4v) is 2.56. The Kier molecular flexibility index (Phi) is 5.31. The molecule has 0 aromatic heterocycles. The Labute approximate surface area is 114 Å². The molecule has 2 rings (SSSR count). The molecule has 1 aliphatic heterocycles. The van der Waals surface area contributed by atoms with Crippen LogP contribution in [0, 0.1) is 5.82 Å². The molecule has 3 nitrogen and oxygen atoms in total. The smallest absolute Gasteiger partial charge is 0.123 e. The van der Waals surface area contributed by atoms with E-state index in [0.717, 1.165) is 38.3 Å². The molecule has 0 amide bonds. The molecular weight excluding hydrogens is 243 g/mol. The van der Waals surface area contributed by atoms with Crippen LogP contribution in [-0.4, -0.2) is 44.3 Å². The summed E-state index contributed by atoms with van der Waals surface area (Å²) in [7, 11) is 1.96. The molecule has 1 aliphatic rings. The molecule has 1 fully saturated rings. The molecule has 2 atom stereocenters. The molecule has 1 N–H and O–H groups in total. The molecule has 1 heterocycles. The summed E-state index contributed by atoms with van der Waals surface area (Å²) in [5.74, 6) is -0.180. The normalized spacial score (nSPS) is 22.4. The van der Waals surface area contributed by atoms with Crippen molar-refractivity contribution in [3.8, 4) is 0 Å². The maximum absolute atomic E-state index is 12.9. The molecule has 0 bridgehead atoms. The van der Waals surface area contributed by atoms with Gasteiger partial charge >= 0.3 is 0 Å². The number of morpholine rings is 1. The van der Waals surface area contributed by atoms with E-state index in [9.17, 15) is 4.39 Å². The summed E-state index contributed by atoms with van der Waals surface area (Å²) in [6.45, 7) is 5.88. The molecule has 1 aromatic carbocycles. The average molecular weight is 266 g/mol. The average Bonchev–Trinajstić information content (AvgIpc) is 2.43. The molecule has 1 aromatic rings. The van der Waals surface area contributed by atoms with Crippen LogP contribution < -0.4 is 5.32 Å². The summed E-state index contributed by atoms with van der Waals surface area (Å²) < 4.78 is 18.4. The third-order valence-corrected chi connectivity index (χ3v) is 3.83. The molecule has 0 radical (unpaired) electrons. The van der Waals surface area contributed by atoms with Gasteiger partial charge in [-0.3, -0.25) is 4.90 Å². The zero-order chi connectivity index (χ0) is 13.7. The van der Waals surface area contributed by atoms with E-state index in [1.165, 1.54) is 12.1 Å². The number of halogens is 1. The Balaban J connectivity index is 1.90. The lowest BCUT2D eigenvalue weighted by Gasteiger charge is -2.34. The van der Waals surface area contributed by atoms with Gasteiger partial charge in [0.25, 0.3) is 0 Å². The highest BCUT2D eigenvalue weighted by atomic mass is 19.1. The summed E-state index contributed by atoms with van der Waals surface area (Å²) in [6.07, 6.45) is 1.02. The zero-order valence-corrected chi connectivity index (χ0v) is 11.7. The highest BCUT2D eigenvalue weighted by Crippen LogP contribution is 2.18. The van der Waals surface area contributed by atoms with Crippen LogP contribution in [0.3, 0.4) is 0 Å². The molecule has 0 spiro atoms. The predicted molar refractivity (Wildman–Crippen MR) is 74.7 cm³/mol. The first-order valence-electron chi connectivity index (χ1n) is 6.95. The van der Waals surface area contributed by atoms with Gasteiger partial charge in [-0.2, -0.15) is 0 Å². The summed E-state index contributed by atoms with van der Waals surface area (Å²) in [5, 5.41) is 3.31. The van der Waals surface area contributed by atoms with E-state index in [-0.39, 0.29) is 11.9 Å². The molecule has 2 unspecified atom stereocenters. The van der Waals surface area contributed by atoms with Gasteiger partial charge < -0.3 is 10.1 Å². The molecular formula is C15H23FN2O. The molecule has 19 heavy (non-hydrogen) atoms. The fourth-order valence-electron chi connectivity index (χ4n) is 2.56. The lowest BCUT2D eigenvalue weighted by Crippen LogP contribution is -2.44. The van der Waals surface area contributed by atoms with Crippen LogP contribution in [0.15, 0.2) is 24.3 Å². The van der Waals surface area contributed by atoms with Gasteiger partial charge in [0.15, 0.2) is 0 Å². The Morgan fingerprint density at radius 3 is 2.79 bits per heavy atom. The van der Waals surface area contributed by atoms with Gasteiger partial charge in [0.1, 0.15) is 5.82 Å². The van der Waals surface area contributed by atoms with Gasteiger partial charge in [0, 0.05) is 25.2 Å². The van der Waals surface area contributed by atoms with E-state index in [1.807, 2.05) is 19.2 Å². The van der Waals surface area contributed by atoms with Crippen LogP contribution in [-0.2, 0) is 4.74 Å². The predicted octanol–water partition coefficient (Wildman–Crippen LogP) is 2.20. The molecule has 1 saturated heterocycles. The van der Waals surface area contributed by atoms with Crippen LogP contribution in [0.25, 0.3) is 0 Å². The van der Waals surface area contributed by atoms with Crippen molar-refractivity contribution < 1.29 is 9.13 Å². The Morgan fingerprint density at radius 1 is 1.42 bits per heavy atom.